The quantitative estimate of drug-likeness (QED) is 0.897. The minimum absolute atomic E-state index is 0.0510. The van der Waals surface area contributed by atoms with Crippen LogP contribution >= 0.6 is 0 Å². The lowest BCUT2D eigenvalue weighted by molar-refractivity contribution is -0.00915. The Bertz CT molecular complexity index is 572. The summed E-state index contributed by atoms with van der Waals surface area (Å²) in [6, 6.07) is 4.27. The molecule has 1 aromatic heterocycles. The summed E-state index contributed by atoms with van der Waals surface area (Å²) in [6.07, 6.45) is 8.07. The number of hydrogen-bond acceptors (Lipinski definition) is 4. The summed E-state index contributed by atoms with van der Waals surface area (Å²) in [5.41, 5.74) is 1.11. The van der Waals surface area contributed by atoms with Crippen LogP contribution in [0.1, 0.15) is 51.1 Å². The van der Waals surface area contributed by atoms with E-state index in [4.69, 9.17) is 4.74 Å². The maximum Gasteiger partial charge on any atom is 0.317 e. The van der Waals surface area contributed by atoms with E-state index in [-0.39, 0.29) is 17.6 Å². The van der Waals surface area contributed by atoms with Gasteiger partial charge < -0.3 is 15.0 Å². The van der Waals surface area contributed by atoms with E-state index in [1.165, 1.54) is 12.0 Å². The summed E-state index contributed by atoms with van der Waals surface area (Å²) in [5.74, 6) is 0. The number of nitrogens with zero attached hydrogens (tertiary/aromatic N) is 3. The monoisotopic (exact) mass is 360 g/mol. The largest absolute Gasteiger partial charge is 0.379 e. The van der Waals surface area contributed by atoms with Gasteiger partial charge in [0.25, 0.3) is 0 Å². The Kier molecular flexibility index (Phi) is 6.48. The maximum atomic E-state index is 13.0. The van der Waals surface area contributed by atoms with Gasteiger partial charge in [-0.2, -0.15) is 0 Å². The maximum absolute atomic E-state index is 13.0. The van der Waals surface area contributed by atoms with Crippen LogP contribution in [0, 0.1) is 0 Å². The molecule has 2 amide bonds. The number of pyridine rings is 1. The molecule has 2 aliphatic rings. The number of carbonyl (C=O) groups excluding carboxylic acids is 1. The Balaban J connectivity index is 1.64. The number of urea groups is 1. The van der Waals surface area contributed by atoms with E-state index in [9.17, 15) is 4.79 Å². The van der Waals surface area contributed by atoms with Crippen LogP contribution in [0.3, 0.4) is 0 Å². The number of ether oxygens (including phenoxy) is 1. The number of carbonyl (C=O) groups is 1. The van der Waals surface area contributed by atoms with Crippen molar-refractivity contribution in [1.82, 2.24) is 20.1 Å². The predicted octanol–water partition coefficient (Wildman–Crippen LogP) is 2.82. The summed E-state index contributed by atoms with van der Waals surface area (Å²) < 4.78 is 5.45. The molecule has 6 heteroatoms. The van der Waals surface area contributed by atoms with E-state index in [1.54, 1.807) is 0 Å². The van der Waals surface area contributed by atoms with Crippen LogP contribution in [0.2, 0.25) is 0 Å². The van der Waals surface area contributed by atoms with E-state index in [2.05, 4.69) is 29.0 Å². The minimum atomic E-state index is -0.0720. The Morgan fingerprint density at radius 3 is 2.65 bits per heavy atom. The van der Waals surface area contributed by atoms with Gasteiger partial charge in [-0.15, -0.1) is 0 Å². The first-order valence-corrected chi connectivity index (χ1v) is 9.85. The number of morpholine rings is 1. The van der Waals surface area contributed by atoms with Gasteiger partial charge in [-0.05, 0) is 44.4 Å². The zero-order valence-electron chi connectivity index (χ0n) is 16.1. The zero-order chi connectivity index (χ0) is 18.4. The molecule has 1 atom stereocenters. The van der Waals surface area contributed by atoms with Crippen LogP contribution in [-0.2, 0) is 4.74 Å². The van der Waals surface area contributed by atoms with Gasteiger partial charge in [0.2, 0.25) is 0 Å². The van der Waals surface area contributed by atoms with Gasteiger partial charge in [0.1, 0.15) is 0 Å². The molecule has 3 heterocycles. The third-order valence-electron chi connectivity index (χ3n) is 5.64. The van der Waals surface area contributed by atoms with Crippen molar-refractivity contribution in [2.75, 3.05) is 39.4 Å². The van der Waals surface area contributed by atoms with Gasteiger partial charge in [0.15, 0.2) is 0 Å². The van der Waals surface area contributed by atoms with Crippen molar-refractivity contribution in [2.24, 2.45) is 0 Å². The third kappa shape index (κ3) is 4.74. The average molecular weight is 361 g/mol. The third-order valence-corrected chi connectivity index (χ3v) is 5.64. The number of aromatic nitrogens is 1. The molecule has 2 fully saturated rings. The van der Waals surface area contributed by atoms with E-state index in [0.717, 1.165) is 52.1 Å². The lowest BCUT2D eigenvalue weighted by atomic mass is 10.0. The fourth-order valence-electron chi connectivity index (χ4n) is 3.96. The van der Waals surface area contributed by atoms with Crippen LogP contribution in [0.15, 0.2) is 24.5 Å². The van der Waals surface area contributed by atoms with E-state index >= 15 is 0 Å². The van der Waals surface area contributed by atoms with Crippen molar-refractivity contribution >= 4 is 6.03 Å². The zero-order valence-corrected chi connectivity index (χ0v) is 16.1. The van der Waals surface area contributed by atoms with Crippen molar-refractivity contribution in [1.29, 1.82) is 0 Å². The number of nitrogens with one attached hydrogen (secondary N) is 1. The van der Waals surface area contributed by atoms with Crippen molar-refractivity contribution in [3.05, 3.63) is 30.1 Å². The molecule has 26 heavy (non-hydrogen) atoms. The molecule has 144 valence electrons. The van der Waals surface area contributed by atoms with Gasteiger partial charge >= 0.3 is 6.03 Å². The first kappa shape index (κ1) is 19.1. The molecule has 6 nitrogen and oxygen atoms in total. The second-order valence-electron chi connectivity index (χ2n) is 7.91. The standard InChI is InChI=1S/C20H32N4O2/c1-20(2,23-12-14-26-15-13-23)16-22-19(25)24-11-5-3-4-6-18(24)17-7-9-21-10-8-17/h7-10,18H,3-6,11-16H2,1-2H3,(H,22,25). The van der Waals surface area contributed by atoms with Gasteiger partial charge in [-0.25, -0.2) is 4.79 Å². The van der Waals surface area contributed by atoms with Gasteiger partial charge in [0.05, 0.1) is 19.3 Å². The average Bonchev–Trinajstić information content (AvgIpc) is 2.94. The van der Waals surface area contributed by atoms with E-state index in [1.807, 2.05) is 29.4 Å². The first-order chi connectivity index (χ1) is 12.6. The molecule has 0 aliphatic carbocycles. The van der Waals surface area contributed by atoms with Crippen molar-refractivity contribution in [3.63, 3.8) is 0 Å². The molecule has 1 unspecified atom stereocenters. The van der Waals surface area contributed by atoms with Gasteiger partial charge in [-0.3, -0.25) is 9.88 Å². The van der Waals surface area contributed by atoms with Crippen LogP contribution in [0.25, 0.3) is 0 Å². The molecule has 2 saturated heterocycles. The fraction of sp³-hybridized carbons (Fsp3) is 0.700. The van der Waals surface area contributed by atoms with Crippen LogP contribution in [0.4, 0.5) is 4.79 Å². The van der Waals surface area contributed by atoms with Crippen LogP contribution in [0.5, 0.6) is 0 Å². The molecule has 0 bridgehead atoms. The predicted molar refractivity (Wildman–Crippen MR) is 102 cm³/mol. The summed E-state index contributed by atoms with van der Waals surface area (Å²) in [4.78, 5) is 21.6. The Hall–Kier alpha value is -1.66. The summed E-state index contributed by atoms with van der Waals surface area (Å²) >= 11 is 0. The molecule has 0 radical (unpaired) electrons. The summed E-state index contributed by atoms with van der Waals surface area (Å²) in [6.45, 7) is 9.24. The molecule has 1 aromatic rings. The fourth-order valence-corrected chi connectivity index (χ4v) is 3.96. The number of likely N-dealkylation sites (tertiary alicyclic amines) is 1. The molecule has 2 aliphatic heterocycles. The van der Waals surface area contributed by atoms with Crippen molar-refractivity contribution < 1.29 is 9.53 Å². The first-order valence-electron chi connectivity index (χ1n) is 9.85. The van der Waals surface area contributed by atoms with E-state index in [0.29, 0.717) is 6.54 Å². The molecule has 0 spiro atoms. The number of hydrogen-bond donors (Lipinski definition) is 1. The second-order valence-corrected chi connectivity index (χ2v) is 7.91. The van der Waals surface area contributed by atoms with Crippen molar-refractivity contribution in [2.45, 2.75) is 51.1 Å². The van der Waals surface area contributed by atoms with Crippen LogP contribution in [-0.4, -0.2) is 65.7 Å². The molecule has 0 aromatic carbocycles. The van der Waals surface area contributed by atoms with Crippen LogP contribution < -0.4 is 5.32 Å². The normalized spacial score (nSPS) is 22.7. The lowest BCUT2D eigenvalue weighted by Gasteiger charge is -2.41. The number of amides is 2. The Labute approximate surface area is 156 Å². The summed E-state index contributed by atoms with van der Waals surface area (Å²) in [7, 11) is 0. The highest BCUT2D eigenvalue weighted by atomic mass is 16.5. The van der Waals surface area contributed by atoms with Gasteiger partial charge in [-0.1, -0.05) is 12.8 Å². The molecule has 3 rings (SSSR count). The Morgan fingerprint density at radius 2 is 1.92 bits per heavy atom. The van der Waals surface area contributed by atoms with Crippen molar-refractivity contribution in [3.8, 4) is 0 Å². The molecule has 0 saturated carbocycles. The summed E-state index contributed by atoms with van der Waals surface area (Å²) in [5, 5.41) is 3.21. The molecular formula is C20H32N4O2. The highest BCUT2D eigenvalue weighted by molar-refractivity contribution is 5.75. The molecule has 1 N–H and O–H groups in total. The Morgan fingerprint density at radius 1 is 1.19 bits per heavy atom. The number of rotatable bonds is 4. The van der Waals surface area contributed by atoms with Gasteiger partial charge in [0, 0.05) is 44.1 Å². The lowest BCUT2D eigenvalue weighted by Crippen LogP contribution is -2.56. The minimum Gasteiger partial charge on any atom is -0.379 e. The smallest absolute Gasteiger partial charge is 0.317 e. The highest BCUT2D eigenvalue weighted by Crippen LogP contribution is 2.30. The topological polar surface area (TPSA) is 57.7 Å². The highest BCUT2D eigenvalue weighted by Gasteiger charge is 2.31. The van der Waals surface area contributed by atoms with E-state index < -0.39 is 0 Å². The molecular weight excluding hydrogens is 328 g/mol. The second kappa shape index (κ2) is 8.82. The SMILES string of the molecule is CC(C)(CNC(=O)N1CCCCCC1c1ccncc1)N1CCOCC1.